The minimum absolute atomic E-state index is 0.0803. The third-order valence-electron chi connectivity index (χ3n) is 3.19. The normalized spacial score (nSPS) is 11.8. The second kappa shape index (κ2) is 6.87. The van der Waals surface area contributed by atoms with E-state index in [9.17, 15) is 0 Å². The molecule has 0 saturated heterocycles. The van der Waals surface area contributed by atoms with Crippen LogP contribution in [0.25, 0.3) is 10.8 Å². The number of hydrogen-bond acceptors (Lipinski definition) is 4. The Morgan fingerprint density at radius 1 is 1.19 bits per heavy atom. The monoisotopic (exact) mass is 287 g/mol. The van der Waals surface area contributed by atoms with Crippen LogP contribution in [-0.4, -0.2) is 30.8 Å². The first kappa shape index (κ1) is 15.7. The molecule has 2 aromatic rings. The highest BCUT2D eigenvalue weighted by Gasteiger charge is 2.11. The summed E-state index contributed by atoms with van der Waals surface area (Å²) in [5.41, 5.74) is 1.13. The van der Waals surface area contributed by atoms with Crippen molar-refractivity contribution < 1.29 is 4.74 Å². The first-order chi connectivity index (χ1) is 9.99. The molecule has 0 atom stereocenters. The van der Waals surface area contributed by atoms with Gasteiger partial charge in [-0.2, -0.15) is 0 Å². The summed E-state index contributed by atoms with van der Waals surface area (Å²) < 4.78 is 5.10. The van der Waals surface area contributed by atoms with Gasteiger partial charge in [0.25, 0.3) is 0 Å². The van der Waals surface area contributed by atoms with Gasteiger partial charge >= 0.3 is 0 Å². The van der Waals surface area contributed by atoms with E-state index >= 15 is 0 Å². The first-order valence-electron chi connectivity index (χ1n) is 7.36. The van der Waals surface area contributed by atoms with Crippen LogP contribution in [-0.2, 0) is 11.3 Å². The molecule has 0 spiro atoms. The second-order valence-electron chi connectivity index (χ2n) is 6.21. The van der Waals surface area contributed by atoms with E-state index in [1.807, 2.05) is 6.07 Å². The number of hydrogen-bond donors (Lipinski definition) is 2. The van der Waals surface area contributed by atoms with Gasteiger partial charge in [0.1, 0.15) is 5.82 Å². The topological polar surface area (TPSA) is 46.2 Å². The maximum absolute atomic E-state index is 5.10. The SMILES string of the molecule is COCCNc1nc(CNC(C)(C)C)cc2ccccc12. The molecule has 1 aromatic heterocycles. The highest BCUT2D eigenvalue weighted by atomic mass is 16.5. The van der Waals surface area contributed by atoms with E-state index < -0.39 is 0 Å². The lowest BCUT2D eigenvalue weighted by Gasteiger charge is -2.20. The lowest BCUT2D eigenvalue weighted by atomic mass is 10.1. The van der Waals surface area contributed by atoms with Crippen LogP contribution in [0, 0.1) is 0 Å². The Morgan fingerprint density at radius 2 is 1.95 bits per heavy atom. The van der Waals surface area contributed by atoms with Gasteiger partial charge in [0.15, 0.2) is 0 Å². The summed E-state index contributed by atoms with van der Waals surface area (Å²) in [5.74, 6) is 0.927. The highest BCUT2D eigenvalue weighted by Crippen LogP contribution is 2.22. The summed E-state index contributed by atoms with van der Waals surface area (Å²) >= 11 is 0. The summed E-state index contributed by atoms with van der Waals surface area (Å²) in [6.07, 6.45) is 0. The molecule has 0 fully saturated rings. The summed E-state index contributed by atoms with van der Waals surface area (Å²) in [6, 6.07) is 10.5. The lowest BCUT2D eigenvalue weighted by molar-refractivity contribution is 0.210. The number of fused-ring (bicyclic) bond motifs is 1. The number of methoxy groups -OCH3 is 1. The zero-order valence-electron chi connectivity index (χ0n) is 13.4. The van der Waals surface area contributed by atoms with Gasteiger partial charge in [-0.3, -0.25) is 0 Å². The smallest absolute Gasteiger partial charge is 0.134 e. The summed E-state index contributed by atoms with van der Waals surface area (Å²) in [6.45, 7) is 8.65. The van der Waals surface area contributed by atoms with Crippen LogP contribution in [0.1, 0.15) is 26.5 Å². The minimum Gasteiger partial charge on any atom is -0.383 e. The van der Waals surface area contributed by atoms with Crippen molar-refractivity contribution in [2.75, 3.05) is 25.6 Å². The second-order valence-corrected chi connectivity index (χ2v) is 6.21. The van der Waals surface area contributed by atoms with Gasteiger partial charge in [0.2, 0.25) is 0 Å². The maximum Gasteiger partial charge on any atom is 0.134 e. The molecule has 0 bridgehead atoms. The standard InChI is InChI=1S/C17H25N3O/c1-17(2,3)19-12-14-11-13-7-5-6-8-15(13)16(20-14)18-9-10-21-4/h5-8,11,19H,9-10,12H2,1-4H3,(H,18,20). The molecule has 2 rings (SSSR count). The molecule has 21 heavy (non-hydrogen) atoms. The molecular weight excluding hydrogens is 262 g/mol. The van der Waals surface area contributed by atoms with Crippen molar-refractivity contribution in [1.82, 2.24) is 10.3 Å². The van der Waals surface area contributed by atoms with Crippen molar-refractivity contribution in [2.45, 2.75) is 32.9 Å². The fourth-order valence-electron chi connectivity index (χ4n) is 2.11. The molecule has 4 nitrogen and oxygen atoms in total. The molecule has 114 valence electrons. The molecule has 1 heterocycles. The van der Waals surface area contributed by atoms with E-state index in [4.69, 9.17) is 9.72 Å². The molecule has 4 heteroatoms. The van der Waals surface area contributed by atoms with Gasteiger partial charge in [-0.05, 0) is 32.2 Å². The molecular formula is C17H25N3O. The van der Waals surface area contributed by atoms with Crippen LogP contribution in [0.4, 0.5) is 5.82 Å². The van der Waals surface area contributed by atoms with E-state index in [1.54, 1.807) is 7.11 Å². The predicted molar refractivity (Wildman–Crippen MR) is 88.7 cm³/mol. The number of aromatic nitrogens is 1. The fourth-order valence-corrected chi connectivity index (χ4v) is 2.11. The van der Waals surface area contributed by atoms with E-state index in [1.165, 1.54) is 5.39 Å². The Labute approximate surface area is 126 Å². The predicted octanol–water partition coefficient (Wildman–Crippen LogP) is 3.18. The van der Waals surface area contributed by atoms with Crippen LogP contribution in [0.2, 0.25) is 0 Å². The van der Waals surface area contributed by atoms with Crippen molar-refractivity contribution >= 4 is 16.6 Å². The van der Waals surface area contributed by atoms with E-state index in [2.05, 4.69) is 55.7 Å². The Morgan fingerprint density at radius 3 is 2.67 bits per heavy atom. The Kier molecular flexibility index (Phi) is 5.15. The van der Waals surface area contributed by atoms with Crippen molar-refractivity contribution in [2.24, 2.45) is 0 Å². The average Bonchev–Trinajstić information content (AvgIpc) is 2.44. The first-order valence-corrected chi connectivity index (χ1v) is 7.36. The van der Waals surface area contributed by atoms with Gasteiger partial charge in [-0.1, -0.05) is 24.3 Å². The molecule has 0 unspecified atom stereocenters. The Balaban J connectivity index is 2.26. The van der Waals surface area contributed by atoms with Gasteiger partial charge in [0.05, 0.1) is 12.3 Å². The van der Waals surface area contributed by atoms with Gasteiger partial charge in [-0.25, -0.2) is 4.98 Å². The maximum atomic E-state index is 5.10. The summed E-state index contributed by atoms with van der Waals surface area (Å²) in [5, 5.41) is 9.20. The van der Waals surface area contributed by atoms with Gasteiger partial charge in [-0.15, -0.1) is 0 Å². The zero-order valence-corrected chi connectivity index (χ0v) is 13.4. The molecule has 0 amide bonds. The van der Waals surface area contributed by atoms with Crippen molar-refractivity contribution in [3.05, 3.63) is 36.0 Å². The van der Waals surface area contributed by atoms with E-state index in [0.29, 0.717) is 6.61 Å². The largest absolute Gasteiger partial charge is 0.383 e. The van der Waals surface area contributed by atoms with Crippen molar-refractivity contribution in [3.63, 3.8) is 0 Å². The summed E-state index contributed by atoms with van der Waals surface area (Å²) in [7, 11) is 1.71. The zero-order chi connectivity index (χ0) is 15.3. The number of rotatable bonds is 6. The van der Waals surface area contributed by atoms with Gasteiger partial charge in [0, 0.05) is 31.1 Å². The number of nitrogens with zero attached hydrogens (tertiary/aromatic N) is 1. The molecule has 0 aliphatic heterocycles. The fraction of sp³-hybridized carbons (Fsp3) is 0.471. The molecule has 0 aliphatic carbocycles. The Bertz CT molecular complexity index is 590. The number of anilines is 1. The van der Waals surface area contributed by atoms with Crippen LogP contribution < -0.4 is 10.6 Å². The van der Waals surface area contributed by atoms with Crippen LogP contribution in [0.5, 0.6) is 0 Å². The molecule has 1 aromatic carbocycles. The van der Waals surface area contributed by atoms with Gasteiger partial charge < -0.3 is 15.4 Å². The molecule has 0 radical (unpaired) electrons. The number of pyridine rings is 1. The van der Waals surface area contributed by atoms with Crippen LogP contribution in [0.3, 0.4) is 0 Å². The third-order valence-corrected chi connectivity index (χ3v) is 3.19. The lowest BCUT2D eigenvalue weighted by Crippen LogP contribution is -2.35. The number of ether oxygens (including phenoxy) is 1. The van der Waals surface area contributed by atoms with E-state index in [-0.39, 0.29) is 5.54 Å². The quantitative estimate of drug-likeness (QED) is 0.801. The van der Waals surface area contributed by atoms with Crippen LogP contribution >= 0.6 is 0 Å². The molecule has 2 N–H and O–H groups in total. The Hall–Kier alpha value is -1.65. The van der Waals surface area contributed by atoms with Crippen LogP contribution in [0.15, 0.2) is 30.3 Å². The highest BCUT2D eigenvalue weighted by molar-refractivity contribution is 5.92. The summed E-state index contributed by atoms with van der Waals surface area (Å²) in [4.78, 5) is 4.75. The molecule has 0 saturated carbocycles. The molecule has 0 aliphatic rings. The average molecular weight is 287 g/mol. The minimum atomic E-state index is 0.0803. The number of nitrogens with one attached hydrogen (secondary N) is 2. The van der Waals surface area contributed by atoms with E-state index in [0.717, 1.165) is 30.0 Å². The number of benzene rings is 1. The van der Waals surface area contributed by atoms with Crippen molar-refractivity contribution in [1.29, 1.82) is 0 Å². The third kappa shape index (κ3) is 4.69. The van der Waals surface area contributed by atoms with Crippen molar-refractivity contribution in [3.8, 4) is 0 Å².